The van der Waals surface area contributed by atoms with Crippen molar-refractivity contribution in [1.82, 2.24) is 10.2 Å². The van der Waals surface area contributed by atoms with E-state index in [0.717, 1.165) is 17.7 Å². The molecular formula is C22H24N2O7. The van der Waals surface area contributed by atoms with Gasteiger partial charge in [0.05, 0.1) is 11.1 Å². The molecule has 2 N–H and O–H groups in total. The third-order valence-electron chi connectivity index (χ3n) is 5.54. The average molecular weight is 428 g/mol. The molecule has 3 rings (SSSR count). The molecule has 2 heterocycles. The van der Waals surface area contributed by atoms with Crippen molar-refractivity contribution < 1.29 is 33.9 Å². The second-order valence-corrected chi connectivity index (χ2v) is 7.81. The summed E-state index contributed by atoms with van der Waals surface area (Å²) in [5.74, 6) is -3.24. The number of carboxylic acid groups (broad SMARTS) is 1. The van der Waals surface area contributed by atoms with E-state index in [1.165, 1.54) is 6.07 Å². The molecule has 2 aliphatic heterocycles. The van der Waals surface area contributed by atoms with E-state index in [0.29, 0.717) is 24.8 Å². The highest BCUT2D eigenvalue weighted by atomic mass is 16.4. The van der Waals surface area contributed by atoms with Gasteiger partial charge in [-0.25, -0.2) is 0 Å². The lowest BCUT2D eigenvalue weighted by atomic mass is 9.96. The van der Waals surface area contributed by atoms with Gasteiger partial charge in [-0.15, -0.1) is 0 Å². The van der Waals surface area contributed by atoms with Gasteiger partial charge in [-0.1, -0.05) is 25.0 Å². The Bertz CT molecular complexity index is 953. The van der Waals surface area contributed by atoms with E-state index >= 15 is 0 Å². The number of fused-ring (bicyclic) bond motifs is 1. The number of carbonyl (C=O) groups excluding carboxylic acids is 5. The first-order valence-corrected chi connectivity index (χ1v) is 10.4. The van der Waals surface area contributed by atoms with Crippen LogP contribution < -0.4 is 5.32 Å². The van der Waals surface area contributed by atoms with Crippen LogP contribution in [0, 0.1) is 0 Å². The fourth-order valence-electron chi connectivity index (χ4n) is 3.98. The molecule has 9 heteroatoms. The number of benzene rings is 1. The van der Waals surface area contributed by atoms with Crippen LogP contribution in [0.15, 0.2) is 18.2 Å². The van der Waals surface area contributed by atoms with Gasteiger partial charge >= 0.3 is 5.97 Å². The maximum Gasteiger partial charge on any atom is 0.303 e. The van der Waals surface area contributed by atoms with Crippen LogP contribution in [0.2, 0.25) is 0 Å². The Kier molecular flexibility index (Phi) is 6.94. The molecule has 1 saturated heterocycles. The number of ketones is 1. The van der Waals surface area contributed by atoms with E-state index in [1.807, 2.05) is 0 Å². The van der Waals surface area contributed by atoms with Crippen LogP contribution in [0.25, 0.3) is 0 Å². The van der Waals surface area contributed by atoms with E-state index in [9.17, 15) is 28.8 Å². The zero-order valence-corrected chi connectivity index (χ0v) is 17.0. The molecule has 0 radical (unpaired) electrons. The van der Waals surface area contributed by atoms with E-state index in [1.54, 1.807) is 12.1 Å². The summed E-state index contributed by atoms with van der Waals surface area (Å²) in [6, 6.07) is 3.69. The van der Waals surface area contributed by atoms with Gasteiger partial charge in [0.2, 0.25) is 11.8 Å². The number of imide groups is 2. The summed E-state index contributed by atoms with van der Waals surface area (Å²) < 4.78 is 0. The van der Waals surface area contributed by atoms with Crippen LogP contribution in [0.3, 0.4) is 0 Å². The topological polar surface area (TPSA) is 138 Å². The Morgan fingerprint density at radius 3 is 2.39 bits per heavy atom. The Morgan fingerprint density at radius 2 is 1.71 bits per heavy atom. The van der Waals surface area contributed by atoms with Crippen molar-refractivity contribution in [3.63, 3.8) is 0 Å². The average Bonchev–Trinajstić information content (AvgIpc) is 2.96. The SMILES string of the molecule is O=C(O)CCCCCCC(=O)Cc1cccc2c1C(=O)N(C1CCC(=O)NC1=O)C2=O. The number of carbonyl (C=O) groups is 6. The summed E-state index contributed by atoms with van der Waals surface area (Å²) in [5, 5.41) is 10.8. The molecule has 0 aliphatic carbocycles. The van der Waals surface area contributed by atoms with Gasteiger partial charge < -0.3 is 5.11 Å². The number of piperidine rings is 1. The number of Topliss-reactive ketones (excluding diaryl/α,β-unsaturated/α-hetero) is 1. The van der Waals surface area contributed by atoms with Crippen molar-refractivity contribution in [2.45, 2.75) is 63.8 Å². The fraction of sp³-hybridized carbons (Fsp3) is 0.455. The molecule has 164 valence electrons. The van der Waals surface area contributed by atoms with Crippen LogP contribution in [-0.4, -0.2) is 51.4 Å². The molecule has 1 fully saturated rings. The number of nitrogens with zero attached hydrogens (tertiary/aromatic N) is 1. The molecule has 0 aromatic heterocycles. The highest BCUT2D eigenvalue weighted by molar-refractivity contribution is 6.24. The molecule has 2 aliphatic rings. The maximum atomic E-state index is 13.0. The summed E-state index contributed by atoms with van der Waals surface area (Å²) in [5.41, 5.74) is 0.752. The standard InChI is InChI=1S/C22H24N2O7/c25-14(7-3-1-2-4-9-18(27)28)12-13-6-5-8-15-19(13)22(31)24(21(15)30)16-10-11-17(26)23-20(16)29/h5-6,8,16H,1-4,7,9-12H2,(H,27,28)(H,23,26,29). The minimum absolute atomic E-state index is 0.000504. The van der Waals surface area contributed by atoms with E-state index in [4.69, 9.17) is 5.11 Å². The van der Waals surface area contributed by atoms with E-state index < -0.39 is 35.6 Å². The number of hydrogen-bond acceptors (Lipinski definition) is 6. The number of hydrogen-bond donors (Lipinski definition) is 2. The van der Waals surface area contributed by atoms with Gasteiger partial charge in [0, 0.05) is 25.7 Å². The fourth-order valence-corrected chi connectivity index (χ4v) is 3.98. The minimum Gasteiger partial charge on any atom is -0.481 e. The van der Waals surface area contributed by atoms with Crippen LogP contribution >= 0.6 is 0 Å². The molecule has 4 amide bonds. The highest BCUT2D eigenvalue weighted by Crippen LogP contribution is 2.30. The number of aliphatic carboxylic acids is 1. The van der Waals surface area contributed by atoms with Gasteiger partial charge in [0.1, 0.15) is 11.8 Å². The normalized spacial score (nSPS) is 18.2. The second kappa shape index (κ2) is 9.63. The zero-order chi connectivity index (χ0) is 22.5. The predicted octanol–water partition coefficient (Wildman–Crippen LogP) is 1.62. The Balaban J connectivity index is 1.64. The zero-order valence-electron chi connectivity index (χ0n) is 17.0. The Morgan fingerprint density at radius 1 is 1.00 bits per heavy atom. The molecule has 31 heavy (non-hydrogen) atoms. The van der Waals surface area contributed by atoms with Crippen LogP contribution in [0.4, 0.5) is 0 Å². The number of amides is 4. The Hall–Kier alpha value is -3.36. The molecule has 1 atom stereocenters. The number of carboxylic acids is 1. The number of unbranched alkanes of at least 4 members (excludes halogenated alkanes) is 3. The minimum atomic E-state index is -1.04. The monoisotopic (exact) mass is 428 g/mol. The van der Waals surface area contributed by atoms with Crippen molar-refractivity contribution in [3.05, 3.63) is 34.9 Å². The molecule has 1 aromatic carbocycles. The Labute approximate surface area is 178 Å². The van der Waals surface area contributed by atoms with Crippen molar-refractivity contribution in [2.24, 2.45) is 0 Å². The molecule has 1 unspecified atom stereocenters. The molecular weight excluding hydrogens is 404 g/mol. The third kappa shape index (κ3) is 5.04. The van der Waals surface area contributed by atoms with E-state index in [2.05, 4.69) is 5.32 Å². The van der Waals surface area contributed by atoms with Crippen LogP contribution in [0.5, 0.6) is 0 Å². The molecule has 1 aromatic rings. The summed E-state index contributed by atoms with van der Waals surface area (Å²) in [6.07, 6.45) is 3.21. The lowest BCUT2D eigenvalue weighted by Gasteiger charge is -2.27. The van der Waals surface area contributed by atoms with Crippen molar-refractivity contribution in [3.8, 4) is 0 Å². The second-order valence-electron chi connectivity index (χ2n) is 7.81. The van der Waals surface area contributed by atoms with Crippen molar-refractivity contribution in [2.75, 3.05) is 0 Å². The number of nitrogens with one attached hydrogen (secondary N) is 1. The smallest absolute Gasteiger partial charge is 0.303 e. The van der Waals surface area contributed by atoms with Crippen LogP contribution in [-0.2, 0) is 25.6 Å². The summed E-state index contributed by atoms with van der Waals surface area (Å²) in [4.78, 5) is 73.1. The van der Waals surface area contributed by atoms with Crippen molar-refractivity contribution >= 4 is 35.4 Å². The van der Waals surface area contributed by atoms with Gasteiger partial charge in [0.15, 0.2) is 0 Å². The number of rotatable bonds is 10. The molecule has 0 saturated carbocycles. The van der Waals surface area contributed by atoms with E-state index in [-0.39, 0.29) is 42.6 Å². The first kappa shape index (κ1) is 22.3. The van der Waals surface area contributed by atoms with Gasteiger partial charge in [-0.2, -0.15) is 0 Å². The quantitative estimate of drug-likeness (QED) is 0.427. The van der Waals surface area contributed by atoms with Gasteiger partial charge in [-0.3, -0.25) is 39.0 Å². The van der Waals surface area contributed by atoms with Gasteiger partial charge in [0.25, 0.3) is 11.8 Å². The predicted molar refractivity (Wildman–Crippen MR) is 107 cm³/mol. The summed E-state index contributed by atoms with van der Waals surface area (Å²) in [6.45, 7) is 0. The first-order chi connectivity index (χ1) is 14.8. The largest absolute Gasteiger partial charge is 0.481 e. The molecule has 0 spiro atoms. The highest BCUT2D eigenvalue weighted by Gasteiger charge is 2.45. The lowest BCUT2D eigenvalue weighted by Crippen LogP contribution is -2.54. The van der Waals surface area contributed by atoms with Gasteiger partial charge in [-0.05, 0) is 30.9 Å². The summed E-state index contributed by atoms with van der Waals surface area (Å²) in [7, 11) is 0. The first-order valence-electron chi connectivity index (χ1n) is 10.4. The summed E-state index contributed by atoms with van der Waals surface area (Å²) >= 11 is 0. The lowest BCUT2D eigenvalue weighted by molar-refractivity contribution is -0.138. The third-order valence-corrected chi connectivity index (χ3v) is 5.54. The molecule has 0 bridgehead atoms. The van der Waals surface area contributed by atoms with Crippen LogP contribution in [0.1, 0.15) is 77.6 Å². The maximum absolute atomic E-state index is 13.0. The van der Waals surface area contributed by atoms with Crippen molar-refractivity contribution in [1.29, 1.82) is 0 Å². The molecule has 9 nitrogen and oxygen atoms in total.